The molecule has 0 saturated heterocycles. The van der Waals surface area contributed by atoms with Crippen LogP contribution in [0.25, 0.3) is 11.0 Å². The molecule has 0 saturated carbocycles. The van der Waals surface area contributed by atoms with Gasteiger partial charge in [-0.1, -0.05) is 17.3 Å². The van der Waals surface area contributed by atoms with Gasteiger partial charge in [-0.3, -0.25) is 0 Å². The highest BCUT2D eigenvalue weighted by atomic mass is 16.5. The molecular formula is C12H12N4O. The van der Waals surface area contributed by atoms with Crippen LogP contribution in [0.1, 0.15) is 17.5 Å². The predicted octanol–water partition coefficient (Wildman–Crippen LogP) is 2.08. The summed E-state index contributed by atoms with van der Waals surface area (Å²) in [5.74, 6) is 2.21. The largest absolute Gasteiger partial charge is 0.337 e. The Kier molecular flexibility index (Phi) is 2.18. The second-order valence-corrected chi connectivity index (χ2v) is 3.97. The van der Waals surface area contributed by atoms with E-state index in [4.69, 9.17) is 4.52 Å². The lowest BCUT2D eigenvalue weighted by Gasteiger charge is -2.02. The molecule has 0 unspecified atom stereocenters. The Morgan fingerprint density at radius 3 is 2.76 bits per heavy atom. The standard InChI is InChI=1S/C12H12N4O/c1-8-13-12(17-15-8)7-16-9(2)14-10-5-3-4-6-11(10)16/h3-6H,7H2,1-2H3. The smallest absolute Gasteiger partial charge is 0.246 e. The molecule has 0 radical (unpaired) electrons. The molecule has 2 aromatic heterocycles. The highest BCUT2D eigenvalue weighted by Gasteiger charge is 2.10. The van der Waals surface area contributed by atoms with Gasteiger partial charge in [0.05, 0.1) is 11.0 Å². The van der Waals surface area contributed by atoms with Crippen LogP contribution in [0.15, 0.2) is 28.8 Å². The highest BCUT2D eigenvalue weighted by Crippen LogP contribution is 2.16. The number of benzene rings is 1. The van der Waals surface area contributed by atoms with Crippen LogP contribution in [0, 0.1) is 13.8 Å². The highest BCUT2D eigenvalue weighted by molar-refractivity contribution is 5.75. The van der Waals surface area contributed by atoms with Crippen molar-refractivity contribution in [2.24, 2.45) is 0 Å². The van der Waals surface area contributed by atoms with Crippen LogP contribution in [0.2, 0.25) is 0 Å². The van der Waals surface area contributed by atoms with Gasteiger partial charge in [-0.2, -0.15) is 4.98 Å². The third kappa shape index (κ3) is 1.69. The number of aryl methyl sites for hydroxylation is 2. The van der Waals surface area contributed by atoms with Crippen molar-refractivity contribution in [3.05, 3.63) is 41.8 Å². The maximum atomic E-state index is 5.13. The van der Waals surface area contributed by atoms with E-state index in [0.717, 1.165) is 16.9 Å². The zero-order valence-corrected chi connectivity index (χ0v) is 9.71. The van der Waals surface area contributed by atoms with Crippen molar-refractivity contribution in [1.82, 2.24) is 19.7 Å². The number of hydrogen-bond donors (Lipinski definition) is 0. The number of para-hydroxylation sites is 2. The fourth-order valence-corrected chi connectivity index (χ4v) is 1.94. The molecule has 0 spiro atoms. The van der Waals surface area contributed by atoms with Crippen molar-refractivity contribution in [3.63, 3.8) is 0 Å². The van der Waals surface area contributed by atoms with Gasteiger partial charge in [-0.15, -0.1) is 0 Å². The first-order valence-corrected chi connectivity index (χ1v) is 5.45. The Morgan fingerprint density at radius 1 is 1.18 bits per heavy atom. The van der Waals surface area contributed by atoms with Gasteiger partial charge in [-0.25, -0.2) is 4.98 Å². The molecular weight excluding hydrogens is 216 g/mol. The fraction of sp³-hybridized carbons (Fsp3) is 0.250. The van der Waals surface area contributed by atoms with Crippen molar-refractivity contribution in [1.29, 1.82) is 0 Å². The minimum atomic E-state index is 0.563. The van der Waals surface area contributed by atoms with E-state index in [2.05, 4.69) is 19.7 Å². The first-order chi connectivity index (χ1) is 8.24. The number of imidazole rings is 1. The van der Waals surface area contributed by atoms with Crippen molar-refractivity contribution < 1.29 is 4.52 Å². The topological polar surface area (TPSA) is 56.7 Å². The molecule has 0 atom stereocenters. The lowest BCUT2D eigenvalue weighted by molar-refractivity contribution is 0.368. The lowest BCUT2D eigenvalue weighted by atomic mass is 10.3. The second-order valence-electron chi connectivity index (χ2n) is 3.97. The minimum absolute atomic E-state index is 0.563. The number of fused-ring (bicyclic) bond motifs is 1. The fourth-order valence-electron chi connectivity index (χ4n) is 1.94. The van der Waals surface area contributed by atoms with Gasteiger partial charge < -0.3 is 9.09 Å². The molecule has 2 heterocycles. The molecule has 5 heteroatoms. The number of hydrogen-bond acceptors (Lipinski definition) is 4. The zero-order valence-electron chi connectivity index (χ0n) is 9.71. The number of aromatic nitrogens is 4. The summed E-state index contributed by atoms with van der Waals surface area (Å²) in [7, 11) is 0. The van der Waals surface area contributed by atoms with Gasteiger partial charge in [-0.05, 0) is 26.0 Å². The van der Waals surface area contributed by atoms with Crippen LogP contribution in [-0.2, 0) is 6.54 Å². The summed E-state index contributed by atoms with van der Waals surface area (Å²) in [6, 6.07) is 8.02. The summed E-state index contributed by atoms with van der Waals surface area (Å²) < 4.78 is 7.20. The zero-order chi connectivity index (χ0) is 11.8. The van der Waals surface area contributed by atoms with E-state index in [-0.39, 0.29) is 0 Å². The Bertz CT molecular complexity index is 668. The number of rotatable bonds is 2. The molecule has 86 valence electrons. The molecule has 0 N–H and O–H groups in total. The molecule has 3 rings (SSSR count). The SMILES string of the molecule is Cc1noc(Cn2c(C)nc3ccccc32)n1. The summed E-state index contributed by atoms with van der Waals surface area (Å²) in [6.45, 7) is 4.35. The van der Waals surface area contributed by atoms with Crippen molar-refractivity contribution in [3.8, 4) is 0 Å². The van der Waals surface area contributed by atoms with E-state index in [1.165, 1.54) is 0 Å². The Labute approximate surface area is 98.1 Å². The van der Waals surface area contributed by atoms with Gasteiger partial charge in [0.1, 0.15) is 12.4 Å². The normalized spacial score (nSPS) is 11.2. The molecule has 0 bridgehead atoms. The quantitative estimate of drug-likeness (QED) is 0.673. The third-order valence-electron chi connectivity index (χ3n) is 2.71. The molecule has 0 aliphatic rings. The van der Waals surface area contributed by atoms with Crippen LogP contribution >= 0.6 is 0 Å². The van der Waals surface area contributed by atoms with E-state index >= 15 is 0 Å². The Hall–Kier alpha value is -2.17. The molecule has 17 heavy (non-hydrogen) atoms. The molecule has 1 aromatic carbocycles. The van der Waals surface area contributed by atoms with Crippen LogP contribution in [0.4, 0.5) is 0 Å². The summed E-state index contributed by atoms with van der Waals surface area (Å²) in [6.07, 6.45) is 0. The Morgan fingerprint density at radius 2 is 2.00 bits per heavy atom. The van der Waals surface area contributed by atoms with E-state index in [9.17, 15) is 0 Å². The van der Waals surface area contributed by atoms with Gasteiger partial charge in [0.25, 0.3) is 0 Å². The molecule has 0 aliphatic carbocycles. The maximum absolute atomic E-state index is 5.13. The second kappa shape index (κ2) is 3.69. The van der Waals surface area contributed by atoms with E-state index in [0.29, 0.717) is 18.3 Å². The van der Waals surface area contributed by atoms with Crippen molar-refractivity contribution >= 4 is 11.0 Å². The third-order valence-corrected chi connectivity index (χ3v) is 2.71. The predicted molar refractivity (Wildman–Crippen MR) is 62.6 cm³/mol. The molecule has 5 nitrogen and oxygen atoms in total. The molecule has 0 aliphatic heterocycles. The van der Waals surface area contributed by atoms with Gasteiger partial charge >= 0.3 is 0 Å². The lowest BCUT2D eigenvalue weighted by Crippen LogP contribution is -2.02. The summed E-state index contributed by atoms with van der Waals surface area (Å²) in [4.78, 5) is 8.70. The van der Waals surface area contributed by atoms with Crippen molar-refractivity contribution in [2.45, 2.75) is 20.4 Å². The maximum Gasteiger partial charge on any atom is 0.246 e. The van der Waals surface area contributed by atoms with Gasteiger partial charge in [0.2, 0.25) is 5.89 Å². The van der Waals surface area contributed by atoms with Gasteiger partial charge in [0, 0.05) is 0 Å². The first-order valence-electron chi connectivity index (χ1n) is 5.45. The van der Waals surface area contributed by atoms with E-state index in [1.807, 2.05) is 38.1 Å². The van der Waals surface area contributed by atoms with Crippen LogP contribution in [0.3, 0.4) is 0 Å². The Balaban J connectivity index is 2.08. The van der Waals surface area contributed by atoms with Crippen LogP contribution < -0.4 is 0 Å². The molecule has 0 amide bonds. The average Bonchev–Trinajstić information content (AvgIpc) is 2.85. The molecule has 3 aromatic rings. The summed E-state index contributed by atoms with van der Waals surface area (Å²) in [5, 5.41) is 3.79. The monoisotopic (exact) mass is 228 g/mol. The summed E-state index contributed by atoms with van der Waals surface area (Å²) >= 11 is 0. The first kappa shape index (κ1) is 10.0. The van der Waals surface area contributed by atoms with Crippen LogP contribution in [-0.4, -0.2) is 19.7 Å². The van der Waals surface area contributed by atoms with Crippen molar-refractivity contribution in [2.75, 3.05) is 0 Å². The average molecular weight is 228 g/mol. The number of nitrogens with zero attached hydrogens (tertiary/aromatic N) is 4. The van der Waals surface area contributed by atoms with E-state index in [1.54, 1.807) is 0 Å². The minimum Gasteiger partial charge on any atom is -0.337 e. The van der Waals surface area contributed by atoms with Gasteiger partial charge in [0.15, 0.2) is 5.82 Å². The van der Waals surface area contributed by atoms with E-state index < -0.39 is 0 Å². The van der Waals surface area contributed by atoms with Crippen LogP contribution in [0.5, 0.6) is 0 Å². The molecule has 0 fully saturated rings. The summed E-state index contributed by atoms with van der Waals surface area (Å²) in [5.41, 5.74) is 2.07.